The van der Waals surface area contributed by atoms with Crippen LogP contribution in [0.25, 0.3) is 0 Å². The summed E-state index contributed by atoms with van der Waals surface area (Å²) in [5.74, 6) is 0.686. The normalized spacial score (nSPS) is 28.5. The molecule has 0 bridgehead atoms. The standard InChI is InChI=1S/C16H19N3O2S/c1-2-5-17-14(3-1)21-13-9-16(20-11-13)4-7-19(12-16)10-15-18-6-8-22-15/h1-3,5-6,8,13H,4,7,9-12H2/t13-,16-/m0/s1. The third-order valence-corrected chi connectivity index (χ3v) is 5.10. The fourth-order valence-electron chi connectivity index (χ4n) is 3.33. The molecule has 0 saturated carbocycles. The van der Waals surface area contributed by atoms with Crippen molar-refractivity contribution in [1.82, 2.24) is 14.9 Å². The molecular weight excluding hydrogens is 298 g/mol. The number of rotatable bonds is 4. The Morgan fingerprint density at radius 1 is 1.36 bits per heavy atom. The van der Waals surface area contributed by atoms with Crippen LogP contribution in [0.2, 0.25) is 0 Å². The molecule has 5 nitrogen and oxygen atoms in total. The van der Waals surface area contributed by atoms with Gasteiger partial charge in [-0.1, -0.05) is 6.07 Å². The molecule has 4 rings (SSSR count). The Morgan fingerprint density at radius 3 is 3.18 bits per heavy atom. The Hall–Kier alpha value is -1.50. The first-order valence-electron chi connectivity index (χ1n) is 7.64. The second-order valence-electron chi connectivity index (χ2n) is 5.99. The summed E-state index contributed by atoms with van der Waals surface area (Å²) in [6, 6.07) is 5.74. The zero-order chi connectivity index (χ0) is 14.8. The summed E-state index contributed by atoms with van der Waals surface area (Å²) in [5.41, 5.74) is -0.0449. The van der Waals surface area contributed by atoms with E-state index in [1.54, 1.807) is 17.5 Å². The predicted octanol–water partition coefficient (Wildman–Crippen LogP) is 2.35. The first kappa shape index (κ1) is 14.1. The van der Waals surface area contributed by atoms with Gasteiger partial charge in [-0.15, -0.1) is 11.3 Å². The lowest BCUT2D eigenvalue weighted by Gasteiger charge is -2.22. The highest BCUT2D eigenvalue weighted by atomic mass is 32.1. The molecule has 0 aliphatic carbocycles. The molecule has 2 fully saturated rings. The van der Waals surface area contributed by atoms with Crippen LogP contribution >= 0.6 is 11.3 Å². The van der Waals surface area contributed by atoms with Crippen molar-refractivity contribution in [1.29, 1.82) is 0 Å². The Kier molecular flexibility index (Phi) is 3.82. The molecule has 22 heavy (non-hydrogen) atoms. The molecule has 2 saturated heterocycles. The van der Waals surface area contributed by atoms with E-state index in [-0.39, 0.29) is 11.7 Å². The zero-order valence-electron chi connectivity index (χ0n) is 12.4. The quantitative estimate of drug-likeness (QED) is 0.866. The van der Waals surface area contributed by atoms with Gasteiger partial charge in [0.25, 0.3) is 0 Å². The number of likely N-dealkylation sites (tertiary alicyclic amines) is 1. The van der Waals surface area contributed by atoms with Gasteiger partial charge in [0.05, 0.1) is 18.8 Å². The zero-order valence-corrected chi connectivity index (χ0v) is 13.2. The van der Waals surface area contributed by atoms with Gasteiger partial charge >= 0.3 is 0 Å². The smallest absolute Gasteiger partial charge is 0.213 e. The van der Waals surface area contributed by atoms with Crippen LogP contribution in [0.3, 0.4) is 0 Å². The van der Waals surface area contributed by atoms with E-state index in [0.717, 1.165) is 32.5 Å². The van der Waals surface area contributed by atoms with Crippen LogP contribution in [0.15, 0.2) is 36.0 Å². The molecule has 0 aromatic carbocycles. The van der Waals surface area contributed by atoms with Gasteiger partial charge in [-0.3, -0.25) is 4.90 Å². The Bertz CT molecular complexity index is 607. The predicted molar refractivity (Wildman–Crippen MR) is 84.0 cm³/mol. The lowest BCUT2D eigenvalue weighted by molar-refractivity contribution is 0.00923. The summed E-state index contributed by atoms with van der Waals surface area (Å²) < 4.78 is 12.1. The van der Waals surface area contributed by atoms with Gasteiger partial charge in [-0.2, -0.15) is 0 Å². The molecule has 2 aliphatic heterocycles. The lowest BCUT2D eigenvalue weighted by Crippen LogP contribution is -2.33. The van der Waals surface area contributed by atoms with Crippen molar-refractivity contribution in [3.05, 3.63) is 41.0 Å². The second kappa shape index (κ2) is 5.95. The van der Waals surface area contributed by atoms with Crippen LogP contribution in [-0.4, -0.2) is 46.3 Å². The van der Waals surface area contributed by atoms with Crippen LogP contribution in [-0.2, 0) is 11.3 Å². The topological polar surface area (TPSA) is 47.5 Å². The minimum Gasteiger partial charge on any atom is -0.472 e. The Balaban J connectivity index is 1.34. The van der Waals surface area contributed by atoms with Crippen LogP contribution in [0.5, 0.6) is 5.88 Å². The van der Waals surface area contributed by atoms with Crippen molar-refractivity contribution < 1.29 is 9.47 Å². The highest BCUT2D eigenvalue weighted by molar-refractivity contribution is 7.09. The van der Waals surface area contributed by atoms with E-state index in [9.17, 15) is 0 Å². The minimum atomic E-state index is -0.0449. The third kappa shape index (κ3) is 2.99. The van der Waals surface area contributed by atoms with E-state index in [0.29, 0.717) is 12.5 Å². The lowest BCUT2D eigenvalue weighted by atomic mass is 9.98. The SMILES string of the molecule is c1ccc(O[C@@H]2CO[C@@]3(CCN(Cc4nccs4)C3)C2)nc1. The van der Waals surface area contributed by atoms with Crippen molar-refractivity contribution >= 4 is 11.3 Å². The molecule has 0 amide bonds. The fraction of sp³-hybridized carbons (Fsp3) is 0.500. The Labute approximate surface area is 133 Å². The molecule has 0 radical (unpaired) electrons. The van der Waals surface area contributed by atoms with Gasteiger partial charge in [0, 0.05) is 43.4 Å². The summed E-state index contributed by atoms with van der Waals surface area (Å²) in [6.45, 7) is 3.61. The number of pyridine rings is 1. The fourth-order valence-corrected chi connectivity index (χ4v) is 3.99. The summed E-state index contributed by atoms with van der Waals surface area (Å²) in [4.78, 5) is 11.0. The molecule has 116 valence electrons. The highest BCUT2D eigenvalue weighted by Gasteiger charge is 2.46. The molecule has 4 heterocycles. The number of aromatic nitrogens is 2. The largest absolute Gasteiger partial charge is 0.472 e. The minimum absolute atomic E-state index is 0.0449. The van der Waals surface area contributed by atoms with E-state index < -0.39 is 0 Å². The van der Waals surface area contributed by atoms with Crippen molar-refractivity contribution in [3.63, 3.8) is 0 Å². The molecule has 0 N–H and O–H groups in total. The molecule has 2 aliphatic rings. The van der Waals surface area contributed by atoms with E-state index in [4.69, 9.17) is 9.47 Å². The maximum Gasteiger partial charge on any atom is 0.213 e. The number of hydrogen-bond acceptors (Lipinski definition) is 6. The maximum absolute atomic E-state index is 6.12. The van der Waals surface area contributed by atoms with E-state index >= 15 is 0 Å². The maximum atomic E-state index is 6.12. The van der Waals surface area contributed by atoms with Crippen LogP contribution < -0.4 is 4.74 Å². The first-order chi connectivity index (χ1) is 10.8. The molecular formula is C16H19N3O2S. The molecule has 2 atom stereocenters. The van der Waals surface area contributed by atoms with Crippen molar-refractivity contribution in [2.45, 2.75) is 31.1 Å². The highest BCUT2D eigenvalue weighted by Crippen LogP contribution is 2.36. The van der Waals surface area contributed by atoms with Crippen LogP contribution in [0.1, 0.15) is 17.8 Å². The average molecular weight is 317 g/mol. The number of nitrogens with zero attached hydrogens (tertiary/aromatic N) is 3. The summed E-state index contributed by atoms with van der Waals surface area (Å²) in [7, 11) is 0. The molecule has 2 aromatic heterocycles. The molecule has 0 unspecified atom stereocenters. The number of hydrogen-bond donors (Lipinski definition) is 0. The van der Waals surface area contributed by atoms with Gasteiger partial charge in [0.1, 0.15) is 11.1 Å². The summed E-state index contributed by atoms with van der Waals surface area (Å²) >= 11 is 1.72. The van der Waals surface area contributed by atoms with Gasteiger partial charge in [0.2, 0.25) is 5.88 Å². The van der Waals surface area contributed by atoms with Gasteiger partial charge in [-0.05, 0) is 12.5 Å². The van der Waals surface area contributed by atoms with E-state index in [1.807, 2.05) is 29.8 Å². The van der Waals surface area contributed by atoms with Crippen molar-refractivity contribution in [3.8, 4) is 5.88 Å². The third-order valence-electron chi connectivity index (χ3n) is 4.34. The monoisotopic (exact) mass is 317 g/mol. The van der Waals surface area contributed by atoms with Gasteiger partial charge in [0.15, 0.2) is 0 Å². The van der Waals surface area contributed by atoms with Gasteiger partial charge in [-0.25, -0.2) is 9.97 Å². The van der Waals surface area contributed by atoms with Crippen LogP contribution in [0.4, 0.5) is 0 Å². The summed E-state index contributed by atoms with van der Waals surface area (Å²) in [5, 5.41) is 3.21. The van der Waals surface area contributed by atoms with Crippen molar-refractivity contribution in [2.75, 3.05) is 19.7 Å². The molecule has 6 heteroatoms. The second-order valence-corrected chi connectivity index (χ2v) is 6.97. The molecule has 2 aromatic rings. The van der Waals surface area contributed by atoms with E-state index in [2.05, 4.69) is 14.9 Å². The van der Waals surface area contributed by atoms with E-state index in [1.165, 1.54) is 5.01 Å². The molecule has 1 spiro atoms. The average Bonchev–Trinajstić information content (AvgIpc) is 3.25. The van der Waals surface area contributed by atoms with Crippen molar-refractivity contribution in [2.24, 2.45) is 0 Å². The Morgan fingerprint density at radius 2 is 2.36 bits per heavy atom. The first-order valence-corrected chi connectivity index (χ1v) is 8.52. The number of thiazole rings is 1. The van der Waals surface area contributed by atoms with Gasteiger partial charge < -0.3 is 9.47 Å². The summed E-state index contributed by atoms with van der Waals surface area (Å²) in [6.07, 6.45) is 5.74. The number of ether oxygens (including phenoxy) is 2. The van der Waals surface area contributed by atoms with Crippen LogP contribution in [0, 0.1) is 0 Å².